The van der Waals surface area contributed by atoms with Gasteiger partial charge < -0.3 is 14.5 Å². The second kappa shape index (κ2) is 9.85. The summed E-state index contributed by atoms with van der Waals surface area (Å²) in [5.41, 5.74) is 2.81. The summed E-state index contributed by atoms with van der Waals surface area (Å²) in [5.74, 6) is 1.75. The smallest absolute Gasteiger partial charge is 0.118 e. The highest BCUT2D eigenvalue weighted by molar-refractivity contribution is 5.27. The van der Waals surface area contributed by atoms with Crippen molar-refractivity contribution in [3.8, 4) is 5.75 Å². The summed E-state index contributed by atoms with van der Waals surface area (Å²) < 4.78 is 5.23. The Morgan fingerprint density at radius 1 is 1.29 bits per heavy atom. The van der Waals surface area contributed by atoms with Crippen LogP contribution in [-0.4, -0.2) is 56.7 Å². The van der Waals surface area contributed by atoms with E-state index in [1.54, 1.807) is 7.11 Å². The Morgan fingerprint density at radius 2 is 2.04 bits per heavy atom. The van der Waals surface area contributed by atoms with Crippen molar-refractivity contribution < 1.29 is 4.74 Å². The van der Waals surface area contributed by atoms with Crippen molar-refractivity contribution in [1.29, 1.82) is 0 Å². The lowest BCUT2D eigenvalue weighted by molar-refractivity contribution is 0.148. The van der Waals surface area contributed by atoms with E-state index >= 15 is 0 Å². The van der Waals surface area contributed by atoms with E-state index in [4.69, 9.17) is 4.74 Å². The summed E-state index contributed by atoms with van der Waals surface area (Å²) in [6, 6.07) is 8.50. The molecular weight excluding hydrogens is 296 g/mol. The van der Waals surface area contributed by atoms with Gasteiger partial charge in [0.15, 0.2) is 0 Å². The van der Waals surface area contributed by atoms with Crippen LogP contribution in [0.15, 0.2) is 35.9 Å². The fourth-order valence-corrected chi connectivity index (χ4v) is 3.44. The number of hydrogen-bond acceptors (Lipinski definition) is 3. The SMILES string of the molecule is COc1ccc(CCN2CCCC(CN(C)CC=C(C)C)C2)cc1. The first-order chi connectivity index (χ1) is 11.6. The van der Waals surface area contributed by atoms with Gasteiger partial charge in [0.2, 0.25) is 0 Å². The van der Waals surface area contributed by atoms with Gasteiger partial charge in [-0.15, -0.1) is 0 Å². The third-order valence-corrected chi connectivity index (χ3v) is 4.86. The van der Waals surface area contributed by atoms with E-state index in [2.05, 4.69) is 61.0 Å². The fourth-order valence-electron chi connectivity index (χ4n) is 3.44. The Bertz CT molecular complexity index is 505. The minimum atomic E-state index is 0.810. The van der Waals surface area contributed by atoms with Gasteiger partial charge in [0, 0.05) is 26.2 Å². The molecule has 1 saturated heterocycles. The van der Waals surface area contributed by atoms with E-state index < -0.39 is 0 Å². The van der Waals surface area contributed by atoms with Gasteiger partial charge in [-0.25, -0.2) is 0 Å². The number of rotatable bonds is 8. The number of ether oxygens (including phenoxy) is 1. The molecule has 24 heavy (non-hydrogen) atoms. The molecule has 0 saturated carbocycles. The highest BCUT2D eigenvalue weighted by Crippen LogP contribution is 2.18. The Morgan fingerprint density at radius 3 is 2.71 bits per heavy atom. The summed E-state index contributed by atoms with van der Waals surface area (Å²) in [4.78, 5) is 5.11. The van der Waals surface area contributed by atoms with Crippen molar-refractivity contribution >= 4 is 0 Å². The van der Waals surface area contributed by atoms with Crippen LogP contribution in [0.2, 0.25) is 0 Å². The van der Waals surface area contributed by atoms with E-state index in [1.807, 2.05) is 0 Å². The second-order valence-corrected chi connectivity index (χ2v) is 7.41. The summed E-state index contributed by atoms with van der Waals surface area (Å²) >= 11 is 0. The van der Waals surface area contributed by atoms with Gasteiger partial charge in [-0.2, -0.15) is 0 Å². The minimum Gasteiger partial charge on any atom is -0.497 e. The van der Waals surface area contributed by atoms with E-state index in [0.717, 1.165) is 24.6 Å². The number of nitrogens with zero attached hydrogens (tertiary/aromatic N) is 2. The molecule has 1 aliphatic rings. The van der Waals surface area contributed by atoms with Gasteiger partial charge in [-0.05, 0) is 70.3 Å². The molecule has 1 atom stereocenters. The third kappa shape index (κ3) is 6.66. The first kappa shape index (κ1) is 19.0. The molecule has 1 heterocycles. The molecule has 1 unspecified atom stereocenters. The molecule has 3 nitrogen and oxygen atoms in total. The predicted molar refractivity (Wildman–Crippen MR) is 103 cm³/mol. The number of likely N-dealkylation sites (N-methyl/N-ethyl adjacent to an activating group) is 1. The molecular formula is C21H34N2O. The van der Waals surface area contributed by atoms with Crippen LogP contribution in [0, 0.1) is 5.92 Å². The van der Waals surface area contributed by atoms with Crippen LogP contribution in [0.1, 0.15) is 32.3 Å². The zero-order valence-electron chi connectivity index (χ0n) is 15.9. The summed E-state index contributed by atoms with van der Waals surface area (Å²) in [5, 5.41) is 0. The summed E-state index contributed by atoms with van der Waals surface area (Å²) in [6.45, 7) is 10.3. The molecule has 2 rings (SSSR count). The Balaban J connectivity index is 1.74. The molecule has 3 heteroatoms. The topological polar surface area (TPSA) is 15.7 Å². The van der Waals surface area contributed by atoms with Crippen molar-refractivity contribution in [3.05, 3.63) is 41.5 Å². The second-order valence-electron chi connectivity index (χ2n) is 7.41. The molecule has 0 N–H and O–H groups in total. The number of benzene rings is 1. The third-order valence-electron chi connectivity index (χ3n) is 4.86. The monoisotopic (exact) mass is 330 g/mol. The Hall–Kier alpha value is -1.32. The lowest BCUT2D eigenvalue weighted by atomic mass is 9.97. The molecule has 1 fully saturated rings. The average Bonchev–Trinajstić information content (AvgIpc) is 2.59. The summed E-state index contributed by atoms with van der Waals surface area (Å²) in [7, 11) is 3.97. The molecule has 0 spiro atoms. The maximum Gasteiger partial charge on any atom is 0.118 e. The van der Waals surface area contributed by atoms with Crippen LogP contribution in [0.3, 0.4) is 0 Å². The van der Waals surface area contributed by atoms with Gasteiger partial charge >= 0.3 is 0 Å². The van der Waals surface area contributed by atoms with Crippen LogP contribution in [0.25, 0.3) is 0 Å². The Labute approximate surface area is 148 Å². The van der Waals surface area contributed by atoms with Crippen LogP contribution in [0.5, 0.6) is 5.75 Å². The van der Waals surface area contributed by atoms with Crippen molar-refractivity contribution in [2.24, 2.45) is 5.92 Å². The predicted octanol–water partition coefficient (Wildman–Crippen LogP) is 3.85. The molecule has 1 aromatic rings. The van der Waals surface area contributed by atoms with Gasteiger partial charge in [-0.3, -0.25) is 0 Å². The van der Waals surface area contributed by atoms with E-state index in [-0.39, 0.29) is 0 Å². The van der Waals surface area contributed by atoms with Crippen LogP contribution >= 0.6 is 0 Å². The lowest BCUT2D eigenvalue weighted by Crippen LogP contribution is -2.41. The van der Waals surface area contributed by atoms with Gasteiger partial charge in [0.1, 0.15) is 5.75 Å². The minimum absolute atomic E-state index is 0.810. The van der Waals surface area contributed by atoms with Crippen molar-refractivity contribution in [1.82, 2.24) is 9.80 Å². The normalized spacial score (nSPS) is 18.6. The van der Waals surface area contributed by atoms with Gasteiger partial charge in [0.05, 0.1) is 7.11 Å². The molecule has 1 aliphatic heterocycles. The Kier molecular flexibility index (Phi) is 7.80. The molecule has 0 radical (unpaired) electrons. The molecule has 0 amide bonds. The van der Waals surface area contributed by atoms with E-state index in [1.165, 1.54) is 50.2 Å². The zero-order valence-corrected chi connectivity index (χ0v) is 15.9. The number of allylic oxidation sites excluding steroid dienone is 1. The quantitative estimate of drug-likeness (QED) is 0.673. The fraction of sp³-hybridized carbons (Fsp3) is 0.619. The first-order valence-corrected chi connectivity index (χ1v) is 9.24. The van der Waals surface area contributed by atoms with Crippen LogP contribution < -0.4 is 4.74 Å². The lowest BCUT2D eigenvalue weighted by Gasteiger charge is -2.34. The summed E-state index contributed by atoms with van der Waals surface area (Å²) in [6.07, 6.45) is 6.16. The number of methoxy groups -OCH3 is 1. The molecule has 0 aromatic heterocycles. The number of hydrogen-bond donors (Lipinski definition) is 0. The average molecular weight is 331 g/mol. The van der Waals surface area contributed by atoms with Gasteiger partial charge in [0.25, 0.3) is 0 Å². The number of piperidine rings is 1. The maximum absolute atomic E-state index is 5.23. The van der Waals surface area contributed by atoms with Crippen molar-refractivity contribution in [2.75, 3.05) is 46.9 Å². The largest absolute Gasteiger partial charge is 0.497 e. The maximum atomic E-state index is 5.23. The zero-order chi connectivity index (χ0) is 17.4. The molecule has 0 bridgehead atoms. The van der Waals surface area contributed by atoms with Crippen LogP contribution in [0.4, 0.5) is 0 Å². The highest BCUT2D eigenvalue weighted by atomic mass is 16.5. The van der Waals surface area contributed by atoms with Crippen LogP contribution in [-0.2, 0) is 6.42 Å². The highest BCUT2D eigenvalue weighted by Gasteiger charge is 2.20. The first-order valence-electron chi connectivity index (χ1n) is 9.24. The van der Waals surface area contributed by atoms with E-state index in [9.17, 15) is 0 Å². The van der Waals surface area contributed by atoms with Crippen molar-refractivity contribution in [2.45, 2.75) is 33.1 Å². The van der Waals surface area contributed by atoms with Crippen molar-refractivity contribution in [3.63, 3.8) is 0 Å². The van der Waals surface area contributed by atoms with E-state index in [0.29, 0.717) is 0 Å². The molecule has 134 valence electrons. The molecule has 0 aliphatic carbocycles. The standard InChI is InChI=1S/C21H34N2O/c1-18(2)11-14-22(3)16-20-6-5-13-23(17-20)15-12-19-7-9-21(24-4)10-8-19/h7-11,20H,5-6,12-17H2,1-4H3. The van der Waals surface area contributed by atoms with Gasteiger partial charge in [-0.1, -0.05) is 23.8 Å². The molecule has 1 aromatic carbocycles. The number of likely N-dealkylation sites (tertiary alicyclic amines) is 1.